The zero-order chi connectivity index (χ0) is 13.8. The Hall–Kier alpha value is -1.42. The van der Waals surface area contributed by atoms with Gasteiger partial charge in [-0.15, -0.1) is 0 Å². The summed E-state index contributed by atoms with van der Waals surface area (Å²) in [5.41, 5.74) is 1.15. The Bertz CT molecular complexity index is 419. The summed E-state index contributed by atoms with van der Waals surface area (Å²) >= 11 is 0. The second kappa shape index (κ2) is 6.15. The van der Waals surface area contributed by atoms with Crippen molar-refractivity contribution in [1.82, 2.24) is 15.2 Å². The highest BCUT2D eigenvalue weighted by atomic mass is 16.2. The van der Waals surface area contributed by atoms with Crippen molar-refractivity contribution >= 4 is 5.91 Å². The van der Waals surface area contributed by atoms with Crippen LogP contribution in [0, 0.1) is 0 Å². The summed E-state index contributed by atoms with van der Waals surface area (Å²) in [4.78, 5) is 18.5. The lowest BCUT2D eigenvalue weighted by molar-refractivity contribution is -0.138. The number of hydrogen-bond donors (Lipinski definition) is 1. The van der Waals surface area contributed by atoms with Gasteiger partial charge >= 0.3 is 0 Å². The number of carbonyl (C=O) groups excluding carboxylic acids is 1. The van der Waals surface area contributed by atoms with E-state index in [1.54, 1.807) is 12.4 Å². The Morgan fingerprint density at radius 1 is 1.32 bits per heavy atom. The average Bonchev–Trinajstić information content (AvgIpc) is 2.41. The molecule has 2 atom stereocenters. The predicted molar refractivity (Wildman–Crippen MR) is 75.7 cm³/mol. The number of likely N-dealkylation sites (tertiary alicyclic amines) is 1. The first-order valence-corrected chi connectivity index (χ1v) is 7.06. The van der Waals surface area contributed by atoms with Gasteiger partial charge in [-0.05, 0) is 37.5 Å². The first-order chi connectivity index (χ1) is 9.09. The fraction of sp³-hybridized carbons (Fsp3) is 0.600. The molecule has 2 unspecified atom stereocenters. The standard InChI is InChI=1S/C15H23N3O/c1-11(2)17-14-5-4-10-18(15(14)19)12(3)13-6-8-16-9-7-13/h6-9,11-12,14,17H,4-5,10H2,1-3H3. The van der Waals surface area contributed by atoms with Gasteiger partial charge in [-0.2, -0.15) is 0 Å². The summed E-state index contributed by atoms with van der Waals surface area (Å²) in [6, 6.07) is 4.39. The van der Waals surface area contributed by atoms with E-state index in [2.05, 4.69) is 31.1 Å². The second-order valence-electron chi connectivity index (χ2n) is 5.50. The van der Waals surface area contributed by atoms with Gasteiger partial charge in [-0.25, -0.2) is 0 Å². The molecule has 0 aliphatic carbocycles. The number of pyridine rings is 1. The van der Waals surface area contributed by atoms with Crippen molar-refractivity contribution in [2.75, 3.05) is 6.54 Å². The van der Waals surface area contributed by atoms with Crippen molar-refractivity contribution in [3.8, 4) is 0 Å². The number of hydrogen-bond acceptors (Lipinski definition) is 3. The van der Waals surface area contributed by atoms with E-state index >= 15 is 0 Å². The first kappa shape index (κ1) is 14.0. The minimum absolute atomic E-state index is 0.0296. The van der Waals surface area contributed by atoms with Gasteiger partial charge < -0.3 is 10.2 Å². The number of nitrogens with zero attached hydrogens (tertiary/aromatic N) is 2. The molecular weight excluding hydrogens is 238 g/mol. The molecule has 0 radical (unpaired) electrons. The quantitative estimate of drug-likeness (QED) is 0.903. The molecule has 1 aromatic rings. The van der Waals surface area contributed by atoms with Crippen molar-refractivity contribution in [3.05, 3.63) is 30.1 Å². The highest BCUT2D eigenvalue weighted by molar-refractivity contribution is 5.83. The van der Waals surface area contributed by atoms with Crippen LogP contribution in [0.5, 0.6) is 0 Å². The summed E-state index contributed by atoms with van der Waals surface area (Å²) in [6.07, 6.45) is 5.57. The molecule has 2 rings (SSSR count). The molecule has 0 aromatic carbocycles. The fourth-order valence-corrected chi connectivity index (χ4v) is 2.66. The molecule has 0 saturated carbocycles. The Morgan fingerprint density at radius 2 is 2.00 bits per heavy atom. The molecule has 4 heteroatoms. The van der Waals surface area contributed by atoms with Gasteiger partial charge in [0, 0.05) is 25.0 Å². The summed E-state index contributed by atoms with van der Waals surface area (Å²) in [7, 11) is 0. The highest BCUT2D eigenvalue weighted by Crippen LogP contribution is 2.24. The summed E-state index contributed by atoms with van der Waals surface area (Å²) in [5.74, 6) is 0.226. The number of carbonyl (C=O) groups is 1. The van der Waals surface area contributed by atoms with E-state index < -0.39 is 0 Å². The molecule has 1 aliphatic rings. The van der Waals surface area contributed by atoms with Crippen LogP contribution < -0.4 is 5.32 Å². The van der Waals surface area contributed by atoms with Crippen LogP contribution in [-0.2, 0) is 4.79 Å². The number of rotatable bonds is 4. The molecule has 1 saturated heterocycles. The van der Waals surface area contributed by atoms with E-state index in [-0.39, 0.29) is 18.0 Å². The van der Waals surface area contributed by atoms with Crippen LogP contribution in [0.2, 0.25) is 0 Å². The smallest absolute Gasteiger partial charge is 0.240 e. The largest absolute Gasteiger partial charge is 0.335 e. The fourth-order valence-electron chi connectivity index (χ4n) is 2.66. The Morgan fingerprint density at radius 3 is 2.63 bits per heavy atom. The molecule has 0 spiro atoms. The summed E-state index contributed by atoms with van der Waals surface area (Å²) in [5, 5.41) is 3.36. The normalized spacial score (nSPS) is 21.8. The van der Waals surface area contributed by atoms with E-state index in [0.29, 0.717) is 6.04 Å². The zero-order valence-electron chi connectivity index (χ0n) is 12.0. The third-order valence-electron chi connectivity index (χ3n) is 3.66. The number of aromatic nitrogens is 1. The van der Waals surface area contributed by atoms with Crippen molar-refractivity contribution in [3.63, 3.8) is 0 Å². The molecule has 0 bridgehead atoms. The lowest BCUT2D eigenvalue weighted by Gasteiger charge is -2.37. The van der Waals surface area contributed by atoms with E-state index in [1.807, 2.05) is 17.0 Å². The minimum Gasteiger partial charge on any atom is -0.335 e. The molecular formula is C15H23N3O. The van der Waals surface area contributed by atoms with Gasteiger partial charge in [0.25, 0.3) is 0 Å². The maximum absolute atomic E-state index is 12.5. The molecule has 1 N–H and O–H groups in total. The van der Waals surface area contributed by atoms with Gasteiger partial charge in [-0.1, -0.05) is 13.8 Å². The maximum Gasteiger partial charge on any atom is 0.240 e. The van der Waals surface area contributed by atoms with Gasteiger partial charge in [0.05, 0.1) is 12.1 Å². The number of amides is 1. The Balaban J connectivity index is 2.09. The van der Waals surface area contributed by atoms with Crippen LogP contribution in [0.15, 0.2) is 24.5 Å². The van der Waals surface area contributed by atoms with Crippen LogP contribution in [-0.4, -0.2) is 34.4 Å². The first-order valence-electron chi connectivity index (χ1n) is 7.06. The average molecular weight is 261 g/mol. The Kier molecular flexibility index (Phi) is 4.53. The SMILES string of the molecule is CC(C)NC1CCCN(C(C)c2ccncc2)C1=O. The minimum atomic E-state index is -0.0296. The van der Waals surface area contributed by atoms with Crippen LogP contribution in [0.25, 0.3) is 0 Å². The van der Waals surface area contributed by atoms with Crippen molar-refractivity contribution < 1.29 is 4.79 Å². The molecule has 1 amide bonds. The third kappa shape index (κ3) is 3.32. The van der Waals surface area contributed by atoms with E-state index in [0.717, 1.165) is 24.9 Å². The molecule has 1 aliphatic heterocycles. The zero-order valence-corrected chi connectivity index (χ0v) is 12.0. The molecule has 4 nitrogen and oxygen atoms in total. The summed E-state index contributed by atoms with van der Waals surface area (Å²) < 4.78 is 0. The Labute approximate surface area is 115 Å². The number of piperidine rings is 1. The van der Waals surface area contributed by atoms with Gasteiger partial charge in [0.15, 0.2) is 0 Å². The van der Waals surface area contributed by atoms with E-state index in [4.69, 9.17) is 0 Å². The summed E-state index contributed by atoms with van der Waals surface area (Å²) in [6.45, 7) is 7.10. The highest BCUT2D eigenvalue weighted by Gasteiger charge is 2.31. The van der Waals surface area contributed by atoms with Crippen LogP contribution >= 0.6 is 0 Å². The topological polar surface area (TPSA) is 45.2 Å². The molecule has 104 valence electrons. The molecule has 1 aromatic heterocycles. The molecule has 2 heterocycles. The lowest BCUT2D eigenvalue weighted by atomic mass is 9.99. The molecule has 1 fully saturated rings. The van der Waals surface area contributed by atoms with Crippen molar-refractivity contribution in [2.24, 2.45) is 0 Å². The van der Waals surface area contributed by atoms with Crippen LogP contribution in [0.1, 0.15) is 45.2 Å². The monoisotopic (exact) mass is 261 g/mol. The van der Waals surface area contributed by atoms with Gasteiger partial charge in [-0.3, -0.25) is 9.78 Å². The van der Waals surface area contributed by atoms with E-state index in [9.17, 15) is 4.79 Å². The van der Waals surface area contributed by atoms with Crippen LogP contribution in [0.4, 0.5) is 0 Å². The second-order valence-corrected chi connectivity index (χ2v) is 5.50. The van der Waals surface area contributed by atoms with Gasteiger partial charge in [0.1, 0.15) is 0 Å². The molecule has 19 heavy (non-hydrogen) atoms. The van der Waals surface area contributed by atoms with Crippen molar-refractivity contribution in [1.29, 1.82) is 0 Å². The number of nitrogens with one attached hydrogen (secondary N) is 1. The van der Waals surface area contributed by atoms with Crippen LogP contribution in [0.3, 0.4) is 0 Å². The lowest BCUT2D eigenvalue weighted by Crippen LogP contribution is -2.52. The van der Waals surface area contributed by atoms with E-state index in [1.165, 1.54) is 0 Å². The maximum atomic E-state index is 12.5. The van der Waals surface area contributed by atoms with Crippen molar-refractivity contribution in [2.45, 2.75) is 51.7 Å². The van der Waals surface area contributed by atoms with Gasteiger partial charge in [0.2, 0.25) is 5.91 Å². The third-order valence-corrected chi connectivity index (χ3v) is 3.66. The predicted octanol–water partition coefficient (Wildman–Crippen LogP) is 2.13.